The van der Waals surface area contributed by atoms with Gasteiger partial charge < -0.3 is 16.0 Å². The molecule has 0 aliphatic carbocycles. The molecule has 0 saturated carbocycles. The van der Waals surface area contributed by atoms with Gasteiger partial charge in [-0.1, -0.05) is 13.0 Å². The fourth-order valence-corrected chi connectivity index (χ4v) is 3.41. The number of nitrogens with zero attached hydrogens (tertiary/aromatic N) is 1. The lowest BCUT2D eigenvalue weighted by atomic mass is 10.0. The molecule has 126 valence electrons. The Balaban J connectivity index is 1.55. The minimum atomic E-state index is -0.266. The summed E-state index contributed by atoms with van der Waals surface area (Å²) in [6.45, 7) is 4.51. The van der Waals surface area contributed by atoms with Crippen LogP contribution in [0.3, 0.4) is 0 Å². The SMILES string of the molecule is Cc1csc(C(C)CNC(=O)Nc2ccc3c(c2)NC(=O)CC3)n1. The number of nitrogens with one attached hydrogen (secondary N) is 3. The number of carbonyl (C=O) groups excluding carboxylic acids is 2. The first-order chi connectivity index (χ1) is 11.5. The summed E-state index contributed by atoms with van der Waals surface area (Å²) in [6, 6.07) is 5.31. The average Bonchev–Trinajstić information content (AvgIpc) is 2.99. The Morgan fingerprint density at radius 1 is 1.42 bits per heavy atom. The molecule has 3 amide bonds. The maximum Gasteiger partial charge on any atom is 0.319 e. The number of benzene rings is 1. The molecule has 1 aliphatic heterocycles. The predicted octanol–water partition coefficient (Wildman–Crippen LogP) is 3.26. The summed E-state index contributed by atoms with van der Waals surface area (Å²) in [5, 5.41) is 11.5. The highest BCUT2D eigenvalue weighted by molar-refractivity contribution is 7.09. The first kappa shape index (κ1) is 16.4. The highest BCUT2D eigenvalue weighted by Crippen LogP contribution is 2.26. The van der Waals surface area contributed by atoms with E-state index >= 15 is 0 Å². The second kappa shape index (κ2) is 7.00. The summed E-state index contributed by atoms with van der Waals surface area (Å²) >= 11 is 1.61. The highest BCUT2D eigenvalue weighted by atomic mass is 32.1. The Kier molecular flexibility index (Phi) is 4.80. The lowest BCUT2D eigenvalue weighted by Gasteiger charge is -2.18. The zero-order valence-corrected chi connectivity index (χ0v) is 14.5. The normalized spacial score (nSPS) is 14.5. The summed E-state index contributed by atoms with van der Waals surface area (Å²) in [7, 11) is 0. The molecular formula is C17H20N4O2S. The minimum absolute atomic E-state index is 0.0108. The number of aromatic nitrogens is 1. The van der Waals surface area contributed by atoms with Gasteiger partial charge in [0.2, 0.25) is 5.91 Å². The van der Waals surface area contributed by atoms with Gasteiger partial charge in [0.15, 0.2) is 0 Å². The maximum absolute atomic E-state index is 12.1. The summed E-state index contributed by atoms with van der Waals surface area (Å²) in [4.78, 5) is 28.0. The number of amides is 3. The summed E-state index contributed by atoms with van der Waals surface area (Å²) in [6.07, 6.45) is 1.24. The van der Waals surface area contributed by atoms with Crippen molar-refractivity contribution in [3.8, 4) is 0 Å². The molecule has 0 bridgehead atoms. The molecule has 6 nitrogen and oxygen atoms in total. The quantitative estimate of drug-likeness (QED) is 0.796. The third-order valence-corrected chi connectivity index (χ3v) is 5.08. The van der Waals surface area contributed by atoms with E-state index in [2.05, 4.69) is 20.9 Å². The first-order valence-electron chi connectivity index (χ1n) is 7.91. The van der Waals surface area contributed by atoms with Gasteiger partial charge in [-0.15, -0.1) is 11.3 Å². The molecule has 1 aromatic heterocycles. The number of carbonyl (C=O) groups is 2. The van der Waals surface area contributed by atoms with Gasteiger partial charge >= 0.3 is 6.03 Å². The van der Waals surface area contributed by atoms with Gasteiger partial charge in [0, 0.05) is 41.3 Å². The smallest absolute Gasteiger partial charge is 0.319 e. The molecule has 1 unspecified atom stereocenters. The topological polar surface area (TPSA) is 83.1 Å². The molecule has 1 aliphatic rings. The van der Waals surface area contributed by atoms with Crippen molar-refractivity contribution >= 4 is 34.6 Å². The van der Waals surface area contributed by atoms with Crippen LogP contribution in [-0.2, 0) is 11.2 Å². The number of hydrogen-bond acceptors (Lipinski definition) is 4. The third-order valence-electron chi connectivity index (χ3n) is 3.89. The molecule has 3 rings (SSSR count). The van der Waals surface area contributed by atoms with Gasteiger partial charge in [-0.2, -0.15) is 0 Å². The molecule has 2 heterocycles. The van der Waals surface area contributed by atoms with Crippen LogP contribution in [0.25, 0.3) is 0 Å². The molecular weight excluding hydrogens is 324 g/mol. The van der Waals surface area contributed by atoms with Crippen molar-refractivity contribution < 1.29 is 9.59 Å². The number of anilines is 2. The molecule has 1 aromatic carbocycles. The Morgan fingerprint density at radius 2 is 2.25 bits per heavy atom. The Hall–Kier alpha value is -2.41. The Morgan fingerprint density at radius 3 is 3.00 bits per heavy atom. The van der Waals surface area contributed by atoms with Crippen molar-refractivity contribution in [1.82, 2.24) is 10.3 Å². The van der Waals surface area contributed by atoms with E-state index in [1.807, 2.05) is 31.4 Å². The first-order valence-corrected chi connectivity index (χ1v) is 8.79. The van der Waals surface area contributed by atoms with E-state index in [4.69, 9.17) is 0 Å². The minimum Gasteiger partial charge on any atom is -0.337 e. The van der Waals surface area contributed by atoms with Gasteiger partial charge in [-0.3, -0.25) is 4.79 Å². The van der Waals surface area contributed by atoms with Crippen molar-refractivity contribution in [2.75, 3.05) is 17.2 Å². The average molecular weight is 344 g/mol. The maximum atomic E-state index is 12.1. The van der Waals surface area contributed by atoms with Gasteiger partial charge in [0.05, 0.1) is 5.01 Å². The van der Waals surface area contributed by atoms with Crippen LogP contribution in [-0.4, -0.2) is 23.5 Å². The predicted molar refractivity (Wildman–Crippen MR) is 95.7 cm³/mol. The van der Waals surface area contributed by atoms with Crippen LogP contribution < -0.4 is 16.0 Å². The largest absolute Gasteiger partial charge is 0.337 e. The summed E-state index contributed by atoms with van der Waals surface area (Å²) < 4.78 is 0. The van der Waals surface area contributed by atoms with E-state index in [1.54, 1.807) is 17.4 Å². The van der Waals surface area contributed by atoms with E-state index in [0.29, 0.717) is 18.7 Å². The fourth-order valence-electron chi connectivity index (χ4n) is 2.56. The van der Waals surface area contributed by atoms with Crippen LogP contribution in [0.5, 0.6) is 0 Å². The monoisotopic (exact) mass is 344 g/mol. The van der Waals surface area contributed by atoms with Crippen LogP contribution in [0.1, 0.15) is 35.5 Å². The van der Waals surface area contributed by atoms with E-state index < -0.39 is 0 Å². The lowest BCUT2D eigenvalue weighted by molar-refractivity contribution is -0.116. The molecule has 0 saturated heterocycles. The summed E-state index contributed by atoms with van der Waals surface area (Å²) in [5.74, 6) is 0.175. The van der Waals surface area contributed by atoms with Crippen LogP contribution in [0.15, 0.2) is 23.6 Å². The number of aryl methyl sites for hydroxylation is 2. The second-order valence-corrected chi connectivity index (χ2v) is 6.87. The molecule has 3 N–H and O–H groups in total. The van der Waals surface area contributed by atoms with E-state index in [9.17, 15) is 9.59 Å². The molecule has 7 heteroatoms. The van der Waals surface area contributed by atoms with Gasteiger partial charge in [0.1, 0.15) is 0 Å². The van der Waals surface area contributed by atoms with Crippen LogP contribution >= 0.6 is 11.3 Å². The lowest BCUT2D eigenvalue weighted by Crippen LogP contribution is -2.31. The molecule has 24 heavy (non-hydrogen) atoms. The number of thiazole rings is 1. The van der Waals surface area contributed by atoms with E-state index in [1.165, 1.54) is 0 Å². The number of urea groups is 1. The van der Waals surface area contributed by atoms with Crippen LogP contribution in [0, 0.1) is 6.92 Å². The number of fused-ring (bicyclic) bond motifs is 1. The van der Waals surface area contributed by atoms with E-state index in [-0.39, 0.29) is 17.9 Å². The molecule has 0 fully saturated rings. The van der Waals surface area contributed by atoms with Gasteiger partial charge in [0.25, 0.3) is 0 Å². The van der Waals surface area contributed by atoms with E-state index in [0.717, 1.165) is 28.4 Å². The number of rotatable bonds is 4. The second-order valence-electron chi connectivity index (χ2n) is 5.98. The van der Waals surface area contributed by atoms with Gasteiger partial charge in [-0.05, 0) is 31.0 Å². The Labute approximate surface area is 144 Å². The molecule has 2 aromatic rings. The van der Waals surface area contributed by atoms with Crippen molar-refractivity contribution in [3.05, 3.63) is 39.8 Å². The zero-order chi connectivity index (χ0) is 17.1. The van der Waals surface area contributed by atoms with Crippen molar-refractivity contribution in [1.29, 1.82) is 0 Å². The standard InChI is InChI=1S/C17H20N4O2S/c1-10(16-19-11(2)9-24-16)8-18-17(23)20-13-5-3-12-4-6-15(22)21-14(12)7-13/h3,5,7,9-10H,4,6,8H2,1-2H3,(H,21,22)(H2,18,20,23). The number of hydrogen-bond donors (Lipinski definition) is 3. The van der Waals surface area contributed by atoms with Crippen LogP contribution in [0.2, 0.25) is 0 Å². The van der Waals surface area contributed by atoms with Crippen molar-refractivity contribution in [2.45, 2.75) is 32.6 Å². The Bertz CT molecular complexity index is 772. The molecule has 1 atom stereocenters. The highest BCUT2D eigenvalue weighted by Gasteiger charge is 2.16. The van der Waals surface area contributed by atoms with Crippen molar-refractivity contribution in [2.24, 2.45) is 0 Å². The molecule has 0 spiro atoms. The molecule has 0 radical (unpaired) electrons. The summed E-state index contributed by atoms with van der Waals surface area (Å²) in [5.41, 5.74) is 3.53. The van der Waals surface area contributed by atoms with Gasteiger partial charge in [-0.25, -0.2) is 9.78 Å². The fraction of sp³-hybridized carbons (Fsp3) is 0.353. The zero-order valence-electron chi connectivity index (χ0n) is 13.7. The van der Waals surface area contributed by atoms with Crippen LogP contribution in [0.4, 0.5) is 16.2 Å². The van der Waals surface area contributed by atoms with Crippen molar-refractivity contribution in [3.63, 3.8) is 0 Å². The third kappa shape index (κ3) is 3.91.